The second-order valence-corrected chi connectivity index (χ2v) is 4.62. The van der Waals surface area contributed by atoms with Gasteiger partial charge in [-0.1, -0.05) is 0 Å². The van der Waals surface area contributed by atoms with Crippen LogP contribution in [-0.4, -0.2) is 56.9 Å². The lowest BCUT2D eigenvalue weighted by Gasteiger charge is -2.13. The van der Waals surface area contributed by atoms with E-state index in [0.717, 1.165) is 13.0 Å². The van der Waals surface area contributed by atoms with Crippen molar-refractivity contribution in [2.75, 3.05) is 40.0 Å². The number of Topliss-reactive ketones (excluding diaryl/α,β-unsaturated/α-hetero) is 1. The maximum atomic E-state index is 11.7. The van der Waals surface area contributed by atoms with E-state index >= 15 is 0 Å². The highest BCUT2D eigenvalue weighted by Crippen LogP contribution is 2.12. The predicted octanol–water partition coefficient (Wildman–Crippen LogP) is 0.523. The van der Waals surface area contributed by atoms with Gasteiger partial charge < -0.3 is 19.9 Å². The first-order valence-corrected chi connectivity index (χ1v) is 7.13. The number of hydrogen-bond acceptors (Lipinski definition) is 6. The highest BCUT2D eigenvalue weighted by atomic mass is 16.6. The van der Waals surface area contributed by atoms with Crippen molar-refractivity contribution in [1.82, 2.24) is 5.32 Å². The molecule has 0 aliphatic rings. The SMILES string of the molecule is CNCCCOCCOC(=O)C(CCCCO)C(C)=O. The third kappa shape index (κ3) is 9.89. The van der Waals surface area contributed by atoms with Crippen LogP contribution in [0.25, 0.3) is 0 Å². The molecular weight excluding hydrogens is 262 g/mol. The minimum atomic E-state index is -0.717. The Morgan fingerprint density at radius 2 is 1.90 bits per heavy atom. The summed E-state index contributed by atoms with van der Waals surface area (Å²) in [5, 5.41) is 11.7. The first-order chi connectivity index (χ1) is 9.63. The van der Waals surface area contributed by atoms with Crippen LogP contribution < -0.4 is 5.32 Å². The number of esters is 1. The molecule has 6 heteroatoms. The summed E-state index contributed by atoms with van der Waals surface area (Å²) in [5.41, 5.74) is 0. The zero-order valence-corrected chi connectivity index (χ0v) is 12.5. The molecule has 1 unspecified atom stereocenters. The largest absolute Gasteiger partial charge is 0.463 e. The topological polar surface area (TPSA) is 84.9 Å². The fourth-order valence-corrected chi connectivity index (χ4v) is 1.70. The van der Waals surface area contributed by atoms with Gasteiger partial charge in [0, 0.05) is 13.2 Å². The zero-order valence-electron chi connectivity index (χ0n) is 12.5. The molecule has 0 aromatic heterocycles. The molecule has 6 nitrogen and oxygen atoms in total. The van der Waals surface area contributed by atoms with Crippen LogP contribution in [0.4, 0.5) is 0 Å². The fraction of sp³-hybridized carbons (Fsp3) is 0.857. The van der Waals surface area contributed by atoms with Crippen molar-refractivity contribution in [2.24, 2.45) is 5.92 Å². The normalized spacial score (nSPS) is 12.2. The minimum Gasteiger partial charge on any atom is -0.463 e. The molecule has 0 amide bonds. The first kappa shape index (κ1) is 19.0. The number of carbonyl (C=O) groups excluding carboxylic acids is 2. The molecule has 0 saturated carbocycles. The van der Waals surface area contributed by atoms with Gasteiger partial charge in [-0.25, -0.2) is 0 Å². The van der Waals surface area contributed by atoms with Crippen molar-refractivity contribution in [3.8, 4) is 0 Å². The van der Waals surface area contributed by atoms with Crippen molar-refractivity contribution in [3.05, 3.63) is 0 Å². The quantitative estimate of drug-likeness (QED) is 0.292. The van der Waals surface area contributed by atoms with E-state index < -0.39 is 11.9 Å². The summed E-state index contributed by atoms with van der Waals surface area (Å²) in [5.74, 6) is -1.40. The van der Waals surface area contributed by atoms with Crippen molar-refractivity contribution in [3.63, 3.8) is 0 Å². The van der Waals surface area contributed by atoms with Crippen LogP contribution in [0.1, 0.15) is 32.6 Å². The van der Waals surface area contributed by atoms with Gasteiger partial charge in [0.05, 0.1) is 6.61 Å². The smallest absolute Gasteiger partial charge is 0.316 e. The first-order valence-electron chi connectivity index (χ1n) is 7.13. The Hall–Kier alpha value is -0.980. The lowest BCUT2D eigenvalue weighted by molar-refractivity contribution is -0.153. The number of aliphatic hydroxyl groups excluding tert-OH is 1. The van der Waals surface area contributed by atoms with E-state index in [2.05, 4.69) is 5.32 Å². The number of ether oxygens (including phenoxy) is 2. The molecule has 0 aliphatic carbocycles. The summed E-state index contributed by atoms with van der Waals surface area (Å²) in [7, 11) is 1.88. The lowest BCUT2D eigenvalue weighted by atomic mass is 9.98. The number of ketones is 1. The minimum absolute atomic E-state index is 0.0696. The zero-order chi connectivity index (χ0) is 15.2. The van der Waals surface area contributed by atoms with Gasteiger partial charge >= 0.3 is 5.97 Å². The van der Waals surface area contributed by atoms with Gasteiger partial charge in [0.25, 0.3) is 0 Å². The van der Waals surface area contributed by atoms with Gasteiger partial charge in [-0.3, -0.25) is 9.59 Å². The van der Waals surface area contributed by atoms with Gasteiger partial charge in [0.15, 0.2) is 0 Å². The van der Waals surface area contributed by atoms with Crippen molar-refractivity contribution < 1.29 is 24.2 Å². The van der Waals surface area contributed by atoms with Crippen molar-refractivity contribution in [1.29, 1.82) is 0 Å². The van der Waals surface area contributed by atoms with E-state index in [4.69, 9.17) is 14.6 Å². The van der Waals surface area contributed by atoms with Crippen molar-refractivity contribution >= 4 is 11.8 Å². The Morgan fingerprint density at radius 1 is 1.15 bits per heavy atom. The molecule has 0 aromatic rings. The Morgan fingerprint density at radius 3 is 2.50 bits per heavy atom. The molecule has 0 bridgehead atoms. The molecule has 0 radical (unpaired) electrons. The monoisotopic (exact) mass is 289 g/mol. The van der Waals surface area contributed by atoms with Gasteiger partial charge in [-0.05, 0) is 46.2 Å². The van der Waals surface area contributed by atoms with Gasteiger partial charge in [-0.15, -0.1) is 0 Å². The molecule has 118 valence electrons. The van der Waals surface area contributed by atoms with Crippen LogP contribution in [0, 0.1) is 5.92 Å². The molecule has 0 spiro atoms. The van der Waals surface area contributed by atoms with Crippen LogP contribution in [0.15, 0.2) is 0 Å². The number of carbonyl (C=O) groups is 2. The third-order valence-electron chi connectivity index (χ3n) is 2.86. The molecule has 0 heterocycles. The van der Waals surface area contributed by atoms with E-state index in [0.29, 0.717) is 32.5 Å². The van der Waals surface area contributed by atoms with E-state index in [1.54, 1.807) is 0 Å². The number of rotatable bonds is 13. The van der Waals surface area contributed by atoms with E-state index in [-0.39, 0.29) is 19.0 Å². The Balaban J connectivity index is 3.76. The Bertz CT molecular complexity index is 270. The van der Waals surface area contributed by atoms with E-state index in [1.165, 1.54) is 6.92 Å². The maximum absolute atomic E-state index is 11.7. The standard InChI is InChI=1S/C14H27NO5/c1-12(17)13(6-3-4-8-16)14(18)20-11-10-19-9-5-7-15-2/h13,15-16H,3-11H2,1-2H3. The van der Waals surface area contributed by atoms with E-state index in [9.17, 15) is 9.59 Å². The molecule has 1 atom stereocenters. The van der Waals surface area contributed by atoms with Gasteiger partial charge in [-0.2, -0.15) is 0 Å². The van der Waals surface area contributed by atoms with Crippen LogP contribution in [0.5, 0.6) is 0 Å². The summed E-state index contributed by atoms with van der Waals surface area (Å²) in [6, 6.07) is 0. The van der Waals surface area contributed by atoms with Gasteiger partial charge in [0.1, 0.15) is 18.3 Å². The van der Waals surface area contributed by atoms with E-state index in [1.807, 2.05) is 7.05 Å². The molecule has 0 aromatic carbocycles. The fourth-order valence-electron chi connectivity index (χ4n) is 1.70. The van der Waals surface area contributed by atoms with Crippen LogP contribution in [-0.2, 0) is 19.1 Å². The summed E-state index contributed by atoms with van der Waals surface area (Å²) < 4.78 is 10.3. The molecule has 0 saturated heterocycles. The predicted molar refractivity (Wildman–Crippen MR) is 75.4 cm³/mol. The lowest BCUT2D eigenvalue weighted by Crippen LogP contribution is -2.25. The van der Waals surface area contributed by atoms with Gasteiger partial charge in [0.2, 0.25) is 0 Å². The molecule has 0 aliphatic heterocycles. The Labute approximate surface area is 120 Å². The molecule has 0 rings (SSSR count). The summed E-state index contributed by atoms with van der Waals surface area (Å²) in [6.07, 6.45) is 2.56. The van der Waals surface area contributed by atoms with Crippen LogP contribution in [0.3, 0.4) is 0 Å². The average molecular weight is 289 g/mol. The number of hydrogen-bond donors (Lipinski definition) is 2. The molecule has 20 heavy (non-hydrogen) atoms. The summed E-state index contributed by atoms with van der Waals surface area (Å²) in [6.45, 7) is 3.47. The highest BCUT2D eigenvalue weighted by Gasteiger charge is 2.24. The maximum Gasteiger partial charge on any atom is 0.316 e. The molecular formula is C14H27NO5. The average Bonchev–Trinajstić information content (AvgIpc) is 2.42. The summed E-state index contributed by atoms with van der Waals surface area (Å²) >= 11 is 0. The van der Waals surface area contributed by atoms with Crippen LogP contribution >= 0.6 is 0 Å². The third-order valence-corrected chi connectivity index (χ3v) is 2.86. The number of unbranched alkanes of at least 4 members (excludes halogenated alkanes) is 1. The van der Waals surface area contributed by atoms with Crippen LogP contribution in [0.2, 0.25) is 0 Å². The summed E-state index contributed by atoms with van der Waals surface area (Å²) in [4.78, 5) is 23.1. The van der Waals surface area contributed by atoms with Crippen molar-refractivity contribution in [2.45, 2.75) is 32.6 Å². The molecule has 2 N–H and O–H groups in total. The second kappa shape index (κ2) is 13.0. The Kier molecular flexibility index (Phi) is 12.4. The number of nitrogens with one attached hydrogen (secondary N) is 1. The highest BCUT2D eigenvalue weighted by molar-refractivity contribution is 5.97. The second-order valence-electron chi connectivity index (χ2n) is 4.62. The molecule has 0 fully saturated rings. The number of aliphatic hydroxyl groups is 1.